The maximum Gasteiger partial charge on any atom is 0.343 e. The molecule has 0 aliphatic heterocycles. The lowest BCUT2D eigenvalue weighted by atomic mass is 10.2. The van der Waals surface area contributed by atoms with Gasteiger partial charge in [0.2, 0.25) is 0 Å². The molecule has 0 fully saturated rings. The summed E-state index contributed by atoms with van der Waals surface area (Å²) >= 11 is 0. The number of amides is 2. The summed E-state index contributed by atoms with van der Waals surface area (Å²) in [4.78, 5) is 50.3. The lowest BCUT2D eigenvalue weighted by molar-refractivity contribution is -0.136. The van der Waals surface area contributed by atoms with Gasteiger partial charge in [0.1, 0.15) is 17.2 Å². The molecule has 2 N–H and O–H groups in total. The van der Waals surface area contributed by atoms with E-state index < -0.39 is 23.3 Å². The van der Waals surface area contributed by atoms with Crippen LogP contribution >= 0.6 is 0 Å². The molecule has 1 heterocycles. The molecule has 11 heteroatoms. The predicted molar refractivity (Wildman–Crippen MR) is 145 cm³/mol. The number of hydrazone groups is 1. The van der Waals surface area contributed by atoms with E-state index in [1.165, 1.54) is 18.0 Å². The lowest BCUT2D eigenvalue weighted by Crippen LogP contribution is -2.34. The highest BCUT2D eigenvalue weighted by Crippen LogP contribution is 2.19. The summed E-state index contributed by atoms with van der Waals surface area (Å²) < 4.78 is 13.5. The van der Waals surface area contributed by atoms with Gasteiger partial charge in [0.15, 0.2) is 0 Å². The predicted octanol–water partition coefficient (Wildman–Crippen LogP) is 2.80. The van der Waals surface area contributed by atoms with Crippen molar-refractivity contribution in [1.29, 1.82) is 0 Å². The molecule has 0 aliphatic carbocycles. The molecule has 4 aromatic rings. The number of carbonyl (C=O) groups is 3. The zero-order chi connectivity index (χ0) is 27.9. The number of hydrogen-bond donors (Lipinski definition) is 2. The Balaban J connectivity index is 1.42. The highest BCUT2D eigenvalue weighted by Gasteiger charge is 2.21. The van der Waals surface area contributed by atoms with Gasteiger partial charge in [-0.15, -0.1) is 0 Å². The smallest absolute Gasteiger partial charge is 0.343 e. The van der Waals surface area contributed by atoms with Gasteiger partial charge in [-0.25, -0.2) is 14.9 Å². The molecule has 2 amide bonds. The molecule has 3 aromatic carbocycles. The number of nitrogens with one attached hydrogen (secondary N) is 2. The van der Waals surface area contributed by atoms with Crippen molar-refractivity contribution in [3.05, 3.63) is 106 Å². The van der Waals surface area contributed by atoms with Crippen LogP contribution in [0.15, 0.2) is 88.8 Å². The number of hydrogen-bond acceptors (Lipinski definition) is 7. The van der Waals surface area contributed by atoms with Crippen LogP contribution in [0.4, 0.5) is 5.69 Å². The average Bonchev–Trinajstić information content (AvgIpc) is 3.17. The van der Waals surface area contributed by atoms with Crippen LogP contribution in [0.2, 0.25) is 0 Å². The highest BCUT2D eigenvalue weighted by atomic mass is 16.5. The Morgan fingerprint density at radius 3 is 2.26 bits per heavy atom. The molecule has 11 nitrogen and oxygen atoms in total. The van der Waals surface area contributed by atoms with E-state index in [4.69, 9.17) is 9.47 Å². The van der Waals surface area contributed by atoms with E-state index in [0.717, 1.165) is 0 Å². The molecule has 198 valence electrons. The Kier molecular flexibility index (Phi) is 8.00. The van der Waals surface area contributed by atoms with Crippen LogP contribution in [0.1, 0.15) is 21.6 Å². The minimum Gasteiger partial charge on any atom is -0.497 e. The van der Waals surface area contributed by atoms with E-state index in [9.17, 15) is 19.2 Å². The summed E-state index contributed by atoms with van der Waals surface area (Å²) in [5, 5.41) is 6.17. The number of ether oxygens (including phenoxy) is 2. The molecule has 1 aromatic heterocycles. The Hall–Kier alpha value is -5.45. The average molecular weight is 528 g/mol. The Bertz CT molecular complexity index is 1600. The quantitative estimate of drug-likeness (QED) is 0.125. The first-order chi connectivity index (χ1) is 18.8. The van der Waals surface area contributed by atoms with Gasteiger partial charge >= 0.3 is 17.8 Å². The number of para-hydroxylation sites is 2. The highest BCUT2D eigenvalue weighted by molar-refractivity contribution is 6.39. The molecule has 0 aliphatic rings. The normalized spacial score (nSPS) is 10.7. The number of rotatable bonds is 7. The van der Waals surface area contributed by atoms with Crippen LogP contribution in [-0.2, 0) is 16.6 Å². The molecule has 0 atom stereocenters. The van der Waals surface area contributed by atoms with Gasteiger partial charge < -0.3 is 14.8 Å². The third kappa shape index (κ3) is 5.93. The molecule has 0 radical (unpaired) electrons. The van der Waals surface area contributed by atoms with Crippen molar-refractivity contribution < 1.29 is 23.9 Å². The Morgan fingerprint density at radius 1 is 0.897 bits per heavy atom. The second kappa shape index (κ2) is 11.7. The summed E-state index contributed by atoms with van der Waals surface area (Å²) in [6, 6.07) is 21.8. The van der Waals surface area contributed by atoms with Crippen LogP contribution in [0.5, 0.6) is 11.5 Å². The fourth-order valence-electron chi connectivity index (χ4n) is 3.66. The van der Waals surface area contributed by atoms with Gasteiger partial charge in [0.25, 0.3) is 5.56 Å². The van der Waals surface area contributed by atoms with Crippen LogP contribution in [0.3, 0.4) is 0 Å². The number of carbonyl (C=O) groups excluding carboxylic acids is 3. The molecule has 0 bridgehead atoms. The third-order valence-corrected chi connectivity index (χ3v) is 5.82. The first-order valence-electron chi connectivity index (χ1n) is 11.7. The zero-order valence-electron chi connectivity index (χ0n) is 21.4. The van der Waals surface area contributed by atoms with E-state index in [-0.39, 0.29) is 11.4 Å². The van der Waals surface area contributed by atoms with Gasteiger partial charge in [-0.3, -0.25) is 19.1 Å². The number of methoxy groups -OCH3 is 1. The van der Waals surface area contributed by atoms with Gasteiger partial charge in [0, 0.05) is 12.6 Å². The topological polar surface area (TPSA) is 133 Å². The summed E-state index contributed by atoms with van der Waals surface area (Å²) in [6.45, 7) is 1.65. The van der Waals surface area contributed by atoms with Crippen molar-refractivity contribution >= 4 is 29.7 Å². The summed E-state index contributed by atoms with van der Waals surface area (Å²) in [5.41, 5.74) is 3.36. The largest absolute Gasteiger partial charge is 0.497 e. The van der Waals surface area contributed by atoms with E-state index in [1.54, 1.807) is 91.4 Å². The van der Waals surface area contributed by atoms with Gasteiger partial charge in [-0.05, 0) is 55.5 Å². The second-order valence-electron chi connectivity index (χ2n) is 8.25. The van der Waals surface area contributed by atoms with E-state index >= 15 is 0 Å². The maximum atomic E-state index is 12.9. The van der Waals surface area contributed by atoms with E-state index in [2.05, 4.69) is 15.8 Å². The minimum atomic E-state index is -1.09. The van der Waals surface area contributed by atoms with Crippen molar-refractivity contribution in [2.75, 3.05) is 12.4 Å². The number of esters is 1. The summed E-state index contributed by atoms with van der Waals surface area (Å²) in [5.74, 6) is -1.96. The third-order valence-electron chi connectivity index (χ3n) is 5.82. The van der Waals surface area contributed by atoms with E-state index in [0.29, 0.717) is 28.3 Å². The van der Waals surface area contributed by atoms with Crippen molar-refractivity contribution in [2.45, 2.75) is 6.92 Å². The molecule has 4 rings (SSSR count). The van der Waals surface area contributed by atoms with Crippen molar-refractivity contribution in [3.63, 3.8) is 0 Å². The fourth-order valence-corrected chi connectivity index (χ4v) is 3.66. The molecule has 0 spiro atoms. The summed E-state index contributed by atoms with van der Waals surface area (Å²) in [6.07, 6.45) is 1.23. The lowest BCUT2D eigenvalue weighted by Gasteiger charge is -2.08. The zero-order valence-corrected chi connectivity index (χ0v) is 21.4. The van der Waals surface area contributed by atoms with Gasteiger partial charge in [-0.1, -0.05) is 30.3 Å². The minimum absolute atomic E-state index is 0.0266. The number of anilines is 1. The number of benzene rings is 3. The molecular formula is C28H25N5O6. The Morgan fingerprint density at radius 2 is 1.56 bits per heavy atom. The Labute approximate surface area is 223 Å². The molecule has 39 heavy (non-hydrogen) atoms. The van der Waals surface area contributed by atoms with Crippen molar-refractivity contribution in [3.8, 4) is 17.2 Å². The van der Waals surface area contributed by atoms with Crippen LogP contribution < -0.4 is 25.8 Å². The summed E-state index contributed by atoms with van der Waals surface area (Å²) in [7, 11) is 3.19. The number of nitrogens with zero attached hydrogens (tertiary/aromatic N) is 3. The van der Waals surface area contributed by atoms with Crippen LogP contribution in [0, 0.1) is 6.92 Å². The molecule has 0 unspecified atom stereocenters. The SMILES string of the molecule is COc1ccc(C(=O)Oc2ccccc2/C=N/NC(=O)C(=O)Nc2c(C)n(C)n(-c3ccccc3)c2=O)cc1. The monoisotopic (exact) mass is 527 g/mol. The van der Waals surface area contributed by atoms with Crippen LogP contribution in [-0.4, -0.2) is 40.5 Å². The van der Waals surface area contributed by atoms with Crippen molar-refractivity contribution in [1.82, 2.24) is 14.8 Å². The standard InChI is InChI=1S/C28H25N5O6/c1-18-24(27(36)33(32(18)2)21-10-5-4-6-11-21)30-25(34)26(35)31-29-17-20-9-7-8-12-23(20)39-28(37)19-13-15-22(38-3)16-14-19/h4-17H,1-3H3,(H,30,34)(H,31,35)/b29-17+. The maximum absolute atomic E-state index is 12.9. The molecular weight excluding hydrogens is 502 g/mol. The first kappa shape index (κ1) is 26.6. The first-order valence-corrected chi connectivity index (χ1v) is 11.7. The van der Waals surface area contributed by atoms with Gasteiger partial charge in [-0.2, -0.15) is 5.10 Å². The second-order valence-corrected chi connectivity index (χ2v) is 8.25. The fraction of sp³-hybridized carbons (Fsp3) is 0.107. The van der Waals surface area contributed by atoms with E-state index in [1.807, 2.05) is 6.07 Å². The van der Waals surface area contributed by atoms with Gasteiger partial charge in [0.05, 0.1) is 30.3 Å². The molecule has 0 saturated carbocycles. The number of aromatic nitrogens is 2. The molecule has 0 saturated heterocycles. The van der Waals surface area contributed by atoms with Crippen LogP contribution in [0.25, 0.3) is 5.69 Å². The van der Waals surface area contributed by atoms with Crippen molar-refractivity contribution in [2.24, 2.45) is 12.1 Å².